The van der Waals surface area contributed by atoms with Gasteiger partial charge in [-0.05, 0) is 32.0 Å². The third-order valence-electron chi connectivity index (χ3n) is 2.38. The van der Waals surface area contributed by atoms with Gasteiger partial charge in [0.2, 0.25) is 0 Å². The molecule has 0 aromatic carbocycles. The third kappa shape index (κ3) is 8.25. The van der Waals surface area contributed by atoms with Crippen LogP contribution >= 0.6 is 0 Å². The lowest BCUT2D eigenvalue weighted by Crippen LogP contribution is -2.44. The van der Waals surface area contributed by atoms with Gasteiger partial charge in [-0.3, -0.25) is 4.79 Å². The van der Waals surface area contributed by atoms with Crippen LogP contribution in [0.4, 0.5) is 13.2 Å². The quantitative estimate of drug-likeness (QED) is 0.530. The molecule has 0 saturated heterocycles. The molecule has 0 amide bonds. The largest absolute Gasteiger partial charge is 0.466 e. The van der Waals surface area contributed by atoms with Gasteiger partial charge in [0, 0.05) is 0 Å². The molecule has 0 aliphatic rings. The van der Waals surface area contributed by atoms with E-state index in [1.165, 1.54) is 0 Å². The maximum atomic E-state index is 12.9. The minimum Gasteiger partial charge on any atom is -0.466 e. The summed E-state index contributed by atoms with van der Waals surface area (Å²) in [6.45, 7) is 8.96. The smallest absolute Gasteiger partial charge is 0.413 e. The van der Waals surface area contributed by atoms with Crippen molar-refractivity contribution in [1.29, 1.82) is 0 Å². The van der Waals surface area contributed by atoms with E-state index >= 15 is 0 Å². The van der Waals surface area contributed by atoms with Crippen LogP contribution in [0.3, 0.4) is 0 Å². The van der Waals surface area contributed by atoms with Gasteiger partial charge in [-0.15, -0.1) is 0 Å². The molecule has 1 unspecified atom stereocenters. The Kier molecular flexibility index (Phi) is 7.07. The molecule has 114 valence electrons. The second-order valence-electron chi connectivity index (χ2n) is 5.51. The van der Waals surface area contributed by atoms with Gasteiger partial charge in [0.05, 0.1) is 13.0 Å². The molecule has 0 aliphatic carbocycles. The van der Waals surface area contributed by atoms with Crippen LogP contribution in [0.2, 0.25) is 19.1 Å². The molecule has 0 aliphatic heterocycles. The van der Waals surface area contributed by atoms with Crippen LogP contribution in [-0.4, -0.2) is 33.2 Å². The van der Waals surface area contributed by atoms with Crippen LogP contribution in [0.5, 0.6) is 0 Å². The Morgan fingerprint density at radius 1 is 1.26 bits per heavy atom. The molecular weight excluding hydrogens is 277 g/mol. The lowest BCUT2D eigenvalue weighted by Gasteiger charge is -2.31. The van der Waals surface area contributed by atoms with Crippen molar-refractivity contribution in [1.82, 2.24) is 0 Å². The average molecular weight is 300 g/mol. The SMILES string of the molecule is CCOC(=O)CC(O[Si](C)(C)CC(C)C)C(F)(F)F. The Hall–Kier alpha value is -0.563. The molecule has 0 rings (SSSR count). The van der Waals surface area contributed by atoms with Crippen molar-refractivity contribution in [3.63, 3.8) is 0 Å². The standard InChI is InChI=1S/C12H23F3O3Si/c1-6-17-11(16)7-10(12(13,14)15)18-19(4,5)8-9(2)3/h9-10H,6-8H2,1-5H3. The number of alkyl halides is 3. The minimum atomic E-state index is -4.55. The van der Waals surface area contributed by atoms with Gasteiger partial charge in [0.1, 0.15) is 0 Å². The summed E-state index contributed by atoms with van der Waals surface area (Å²) in [6.07, 6.45) is -7.38. The molecule has 0 N–H and O–H groups in total. The zero-order valence-corrected chi connectivity index (χ0v) is 13.1. The Morgan fingerprint density at radius 2 is 1.79 bits per heavy atom. The van der Waals surface area contributed by atoms with Crippen LogP contribution in [0.1, 0.15) is 27.2 Å². The number of ether oxygens (including phenoxy) is 1. The first-order chi connectivity index (χ1) is 8.48. The first kappa shape index (κ1) is 18.4. The van der Waals surface area contributed by atoms with Gasteiger partial charge in [0.15, 0.2) is 14.4 Å². The van der Waals surface area contributed by atoms with Crippen molar-refractivity contribution in [3.05, 3.63) is 0 Å². The number of esters is 1. The number of carbonyl (C=O) groups excluding carboxylic acids is 1. The molecule has 0 bridgehead atoms. The highest BCUT2D eigenvalue weighted by molar-refractivity contribution is 6.71. The van der Waals surface area contributed by atoms with E-state index in [-0.39, 0.29) is 12.5 Å². The Morgan fingerprint density at radius 3 is 2.16 bits per heavy atom. The molecular formula is C12H23F3O3Si. The molecule has 0 radical (unpaired) electrons. The van der Waals surface area contributed by atoms with Gasteiger partial charge in [0.25, 0.3) is 0 Å². The summed E-state index contributed by atoms with van der Waals surface area (Å²) >= 11 is 0. The number of hydrogen-bond donors (Lipinski definition) is 0. The average Bonchev–Trinajstić information content (AvgIpc) is 2.12. The van der Waals surface area contributed by atoms with Crippen molar-refractivity contribution in [2.75, 3.05) is 6.61 Å². The Balaban J connectivity index is 4.74. The summed E-state index contributed by atoms with van der Waals surface area (Å²) in [5, 5.41) is 0. The predicted octanol–water partition coefficient (Wildman–Crippen LogP) is 3.75. The molecule has 3 nitrogen and oxygen atoms in total. The first-order valence-electron chi connectivity index (χ1n) is 6.38. The maximum absolute atomic E-state index is 12.9. The summed E-state index contributed by atoms with van der Waals surface area (Å²) in [5.74, 6) is -0.614. The van der Waals surface area contributed by atoms with Crippen molar-refractivity contribution in [2.45, 2.75) is 58.6 Å². The molecule has 1 atom stereocenters. The first-order valence-corrected chi connectivity index (χ1v) is 9.49. The van der Waals surface area contributed by atoms with Crippen LogP contribution in [0.15, 0.2) is 0 Å². The Bertz CT molecular complexity index is 290. The summed E-state index contributed by atoms with van der Waals surface area (Å²) in [5.41, 5.74) is 0. The lowest BCUT2D eigenvalue weighted by molar-refractivity contribution is -0.204. The van der Waals surface area contributed by atoms with E-state index in [1.54, 1.807) is 20.0 Å². The van der Waals surface area contributed by atoms with E-state index in [0.29, 0.717) is 6.04 Å². The fourth-order valence-electron chi connectivity index (χ4n) is 2.01. The zero-order chi connectivity index (χ0) is 15.3. The van der Waals surface area contributed by atoms with Crippen LogP contribution in [0.25, 0.3) is 0 Å². The number of rotatable bonds is 7. The highest BCUT2D eigenvalue weighted by Gasteiger charge is 2.45. The summed E-state index contributed by atoms with van der Waals surface area (Å²) in [4.78, 5) is 11.2. The molecule has 0 saturated carbocycles. The fraction of sp³-hybridized carbons (Fsp3) is 0.917. The minimum absolute atomic E-state index is 0.0657. The second-order valence-corrected chi connectivity index (χ2v) is 9.68. The molecule has 19 heavy (non-hydrogen) atoms. The van der Waals surface area contributed by atoms with E-state index in [2.05, 4.69) is 4.74 Å². The van der Waals surface area contributed by atoms with E-state index in [4.69, 9.17) is 4.43 Å². The van der Waals surface area contributed by atoms with E-state index in [9.17, 15) is 18.0 Å². The molecule has 0 spiro atoms. The van der Waals surface area contributed by atoms with Gasteiger partial charge < -0.3 is 9.16 Å². The second kappa shape index (κ2) is 7.28. The van der Waals surface area contributed by atoms with Gasteiger partial charge in [-0.25, -0.2) is 0 Å². The fourth-order valence-corrected chi connectivity index (χ4v) is 5.06. The lowest BCUT2D eigenvalue weighted by atomic mass is 10.2. The number of carbonyl (C=O) groups is 1. The van der Waals surface area contributed by atoms with Crippen LogP contribution < -0.4 is 0 Å². The van der Waals surface area contributed by atoms with Crippen molar-refractivity contribution < 1.29 is 27.1 Å². The molecule has 0 heterocycles. The van der Waals surface area contributed by atoms with Crippen LogP contribution in [0, 0.1) is 5.92 Å². The number of hydrogen-bond acceptors (Lipinski definition) is 3. The highest BCUT2D eigenvalue weighted by Crippen LogP contribution is 2.30. The summed E-state index contributed by atoms with van der Waals surface area (Å²) in [7, 11) is -2.46. The molecule has 0 aromatic heterocycles. The zero-order valence-electron chi connectivity index (χ0n) is 12.1. The molecule has 7 heteroatoms. The maximum Gasteiger partial charge on any atom is 0.413 e. The highest BCUT2D eigenvalue weighted by atomic mass is 28.4. The third-order valence-corrected chi connectivity index (χ3v) is 5.11. The van der Waals surface area contributed by atoms with E-state index < -0.39 is 33.0 Å². The predicted molar refractivity (Wildman–Crippen MR) is 69.3 cm³/mol. The molecule has 0 fully saturated rings. The topological polar surface area (TPSA) is 35.5 Å². The van der Waals surface area contributed by atoms with E-state index in [1.807, 2.05) is 13.8 Å². The van der Waals surface area contributed by atoms with Gasteiger partial charge >= 0.3 is 12.1 Å². The van der Waals surface area contributed by atoms with Crippen molar-refractivity contribution in [2.24, 2.45) is 5.92 Å². The molecule has 0 aromatic rings. The Labute approximate surface area is 113 Å². The van der Waals surface area contributed by atoms with Crippen LogP contribution in [-0.2, 0) is 14.0 Å². The van der Waals surface area contributed by atoms with Crippen molar-refractivity contribution in [3.8, 4) is 0 Å². The van der Waals surface area contributed by atoms with Crippen molar-refractivity contribution >= 4 is 14.3 Å². The monoisotopic (exact) mass is 300 g/mol. The number of halogens is 3. The normalized spacial score (nSPS) is 14.6. The van der Waals surface area contributed by atoms with Gasteiger partial charge in [-0.2, -0.15) is 13.2 Å². The summed E-state index contributed by atoms with van der Waals surface area (Å²) < 4.78 is 48.4. The van der Waals surface area contributed by atoms with E-state index in [0.717, 1.165) is 0 Å². The summed E-state index contributed by atoms with van der Waals surface area (Å²) in [6, 6.07) is 0.613. The van der Waals surface area contributed by atoms with Gasteiger partial charge in [-0.1, -0.05) is 13.8 Å².